The molecule has 4 aromatic rings. The van der Waals surface area contributed by atoms with Gasteiger partial charge in [-0.2, -0.15) is 0 Å². The van der Waals surface area contributed by atoms with E-state index in [0.29, 0.717) is 22.3 Å². The number of ether oxygens (including phenoxy) is 2. The first-order chi connectivity index (χ1) is 26.7. The predicted molar refractivity (Wildman–Crippen MR) is 227 cm³/mol. The van der Waals surface area contributed by atoms with Crippen molar-refractivity contribution < 1.29 is 68.3 Å². The summed E-state index contributed by atoms with van der Waals surface area (Å²) in [5.74, 6) is -7.12. The van der Waals surface area contributed by atoms with Crippen LogP contribution in [0.1, 0.15) is 159 Å². The van der Waals surface area contributed by atoms with Gasteiger partial charge in [-0.05, 0) is 48.5 Å². The van der Waals surface area contributed by atoms with Crippen molar-refractivity contribution in [3.05, 3.63) is 156 Å². The van der Waals surface area contributed by atoms with Gasteiger partial charge >= 0.3 is 47.8 Å². The zero-order valence-corrected chi connectivity index (χ0v) is 39.9. The molecule has 2 aliphatic rings. The standard InChI is InChI=1S/2C8H6O4.2C8H4O3.2C3H8.2C2H6.CH4.2CH3.2Fm/c2*9-7(10)5-3-1-2-4-6(5)8(11)12;2*9-7-5-3-1-2-4-6(5)8(10)11-7;2*1-3-2;2*1-2;;;;;/h2*1-4H,(H,9,10)(H,11,12);2*1-4H;2*3H2,1-2H3;2*1-2H3;1H4;2*1H3;;/q;;;;;;;;;2*-1;;. The molecule has 0 unspecified atom stereocenters. The third kappa shape index (κ3) is 21.8. The molecule has 348 valence electrons. The van der Waals surface area contributed by atoms with Crippen molar-refractivity contribution in [3.63, 3.8) is 0 Å². The maximum Gasteiger partial charge on any atom is 0.346 e. The topological polar surface area (TPSA) is 236 Å². The summed E-state index contributed by atoms with van der Waals surface area (Å²) in [5.41, 5.74) is 0.676. The van der Waals surface area contributed by atoms with E-state index in [1.165, 1.54) is 61.4 Å². The Morgan fingerprint density at radius 1 is 0.393 bits per heavy atom. The molecule has 0 amide bonds. The second kappa shape index (κ2) is 36.7. The number of hydrogen-bond donors (Lipinski definition) is 4. The molecule has 0 aliphatic carbocycles. The number of hydrogen-bond acceptors (Lipinski definition) is 10. The first kappa shape index (κ1) is 66.8. The quantitative estimate of drug-likeness (QED) is 0.0845. The van der Waals surface area contributed by atoms with E-state index in [1.807, 2.05) is 27.7 Å². The fourth-order valence-electron chi connectivity index (χ4n) is 3.78. The Morgan fingerprint density at radius 2 is 0.525 bits per heavy atom. The largest absolute Gasteiger partial charge is 0.478 e. The summed E-state index contributed by atoms with van der Waals surface area (Å²) in [6.07, 6.45) is 2.50. The zero-order valence-electron chi connectivity index (χ0n) is 35.1. The third-order valence-electron chi connectivity index (χ3n) is 5.88. The minimum absolute atomic E-state index is 0. The van der Waals surface area contributed by atoms with Gasteiger partial charge in [-0.3, -0.25) is 0 Å². The molecule has 2 aliphatic heterocycles. The Morgan fingerprint density at radius 3 is 0.656 bits per heavy atom. The molecule has 0 radical (unpaired) electrons. The maximum absolute atomic E-state index is 10.8. The van der Waals surface area contributed by atoms with E-state index in [4.69, 9.17) is 20.4 Å². The summed E-state index contributed by atoms with van der Waals surface area (Å²) in [4.78, 5) is 85.2. The SMILES string of the molecule is C.CC.CC.CCC.CCC.O=C(O)c1ccccc1C(=O)O.O=C(O)c1ccccc1C(=O)O.O=C1OC(=O)c2ccccc21.O=C1OC(=O)c2ccccc21.[CH3-].[CH3-].[Fm].[Fm]. The van der Waals surface area contributed by atoms with Crippen LogP contribution in [0.5, 0.6) is 0 Å². The number of carboxylic acid groups (broad SMARTS) is 4. The van der Waals surface area contributed by atoms with E-state index in [0.717, 1.165) is 0 Å². The number of fused-ring (bicyclic) bond motifs is 2. The minimum Gasteiger partial charge on any atom is -0.478 e. The summed E-state index contributed by atoms with van der Waals surface area (Å²) in [7, 11) is 0. The summed E-state index contributed by atoms with van der Waals surface area (Å²) < 4.78 is 8.71. The van der Waals surface area contributed by atoms with Crippen LogP contribution in [-0.4, -0.2) is 68.2 Å². The third-order valence-corrected chi connectivity index (χ3v) is 5.88. The van der Waals surface area contributed by atoms with E-state index in [-0.39, 0.29) is 44.5 Å². The Hall–Kier alpha value is -8.96. The predicted octanol–water partition coefficient (Wildman–Crippen LogP) is 10.6. The van der Waals surface area contributed by atoms with E-state index in [1.54, 1.807) is 48.5 Å². The molecule has 0 fully saturated rings. The van der Waals surface area contributed by atoms with E-state index < -0.39 is 47.8 Å². The van der Waals surface area contributed by atoms with Crippen molar-refractivity contribution in [2.24, 2.45) is 0 Å². The first-order valence-electron chi connectivity index (χ1n) is 17.5. The monoisotopic (exact) mass is 1340 g/mol. The molecule has 61 heavy (non-hydrogen) atoms. The van der Waals surface area contributed by atoms with E-state index in [2.05, 4.69) is 37.2 Å². The molecule has 2 heterocycles. The Kier molecular flexibility index (Phi) is 40.2. The number of carboxylic acids is 4. The number of aromatic carboxylic acids is 4. The number of carbonyl (C=O) groups excluding carboxylic acids is 4. The molecule has 14 nitrogen and oxygen atoms in total. The fourth-order valence-corrected chi connectivity index (χ4v) is 3.78. The molecule has 4 aromatic carbocycles. The number of cyclic esters (lactones) is 4. The van der Waals surface area contributed by atoms with Crippen molar-refractivity contribution in [2.75, 3.05) is 0 Å². The van der Waals surface area contributed by atoms with Gasteiger partial charge in [0, 0.05) is 0 Å². The number of rotatable bonds is 4. The van der Waals surface area contributed by atoms with Crippen molar-refractivity contribution in [1.29, 1.82) is 0 Å². The van der Waals surface area contributed by atoms with Crippen LogP contribution in [0.4, 0.5) is 0 Å². The van der Waals surface area contributed by atoms with Gasteiger partial charge in [-0.15, -0.1) is 0 Å². The molecule has 16 heteroatoms. The minimum atomic E-state index is -1.23. The van der Waals surface area contributed by atoms with Crippen LogP contribution in [-0.2, 0) is 9.47 Å². The maximum atomic E-state index is 10.8. The molecule has 0 aromatic heterocycles. The summed E-state index contributed by atoms with van der Waals surface area (Å²) in [6.45, 7) is 16.5. The van der Waals surface area contributed by atoms with E-state index in [9.17, 15) is 38.4 Å². The molecule has 0 saturated heterocycles. The van der Waals surface area contributed by atoms with Crippen LogP contribution in [0.15, 0.2) is 97.1 Å². The fraction of sp³-hybridized carbons (Fsp3) is 0.244. The zero-order chi connectivity index (χ0) is 43.4. The van der Waals surface area contributed by atoms with Crippen LogP contribution in [0.25, 0.3) is 0 Å². The number of benzene rings is 4. The van der Waals surface area contributed by atoms with Crippen molar-refractivity contribution in [1.82, 2.24) is 0 Å². The van der Waals surface area contributed by atoms with Crippen LogP contribution in [0.3, 0.4) is 0 Å². The normalized spacial score (nSPS) is 9.70. The van der Waals surface area contributed by atoms with Crippen LogP contribution < -0.4 is 0 Å². The summed E-state index contributed by atoms with van der Waals surface area (Å²) in [5, 5.41) is 34.2. The van der Waals surface area contributed by atoms with Crippen LogP contribution in [0.2, 0.25) is 0 Å². The Balaban J connectivity index is -0.000000116. The molecular formula is C45H58Fm2O14-2. The van der Waals surface area contributed by atoms with Gasteiger partial charge in [0.25, 0.3) is 0 Å². The molecule has 0 saturated carbocycles. The van der Waals surface area contributed by atoms with Crippen molar-refractivity contribution in [3.8, 4) is 0 Å². The second-order valence-corrected chi connectivity index (χ2v) is 10.2. The van der Waals surface area contributed by atoms with Gasteiger partial charge in [0.05, 0.1) is 44.5 Å². The smallest absolute Gasteiger partial charge is 0.346 e. The van der Waals surface area contributed by atoms with Gasteiger partial charge in [0.2, 0.25) is 0 Å². The molecule has 0 spiro atoms. The summed E-state index contributed by atoms with van der Waals surface area (Å²) >= 11 is 0. The van der Waals surface area contributed by atoms with Crippen LogP contribution in [0, 0.1) is 14.9 Å². The average Bonchev–Trinajstić information content (AvgIpc) is 3.66. The van der Waals surface area contributed by atoms with Gasteiger partial charge in [-0.1, -0.05) is 124 Å². The first-order valence-corrected chi connectivity index (χ1v) is 17.5. The van der Waals surface area contributed by atoms with Gasteiger partial charge in [-0.25, -0.2) is 38.4 Å². The van der Waals surface area contributed by atoms with Crippen LogP contribution >= 0.6 is 0 Å². The second-order valence-electron chi connectivity index (χ2n) is 10.2. The average molecular weight is 1340 g/mol. The molecule has 6 rings (SSSR count). The molecule has 0 atom stereocenters. The number of carbonyl (C=O) groups is 8. The van der Waals surface area contributed by atoms with Crippen molar-refractivity contribution >= 4 is 47.8 Å². The number of esters is 4. The van der Waals surface area contributed by atoms with Crippen molar-refractivity contribution in [2.45, 2.75) is 75.7 Å². The molecule has 0 bridgehead atoms. The Labute approximate surface area is 347 Å². The van der Waals surface area contributed by atoms with E-state index >= 15 is 0 Å². The molecular weight excluding hydrogens is 1280 g/mol. The Bertz CT molecular complexity index is 1670. The molecule has 4 N–H and O–H groups in total. The van der Waals surface area contributed by atoms with Gasteiger partial charge in [0.1, 0.15) is 0 Å². The van der Waals surface area contributed by atoms with Gasteiger partial charge < -0.3 is 44.8 Å². The van der Waals surface area contributed by atoms with Gasteiger partial charge in [0.15, 0.2) is 0 Å². The summed E-state index contributed by atoms with van der Waals surface area (Å²) in [6, 6.07) is 24.0.